The van der Waals surface area contributed by atoms with Crippen molar-refractivity contribution < 1.29 is 13.2 Å². The van der Waals surface area contributed by atoms with Crippen molar-refractivity contribution in [2.24, 2.45) is 0 Å². The van der Waals surface area contributed by atoms with Crippen molar-refractivity contribution in [1.29, 1.82) is 0 Å². The van der Waals surface area contributed by atoms with Gasteiger partial charge in [-0.2, -0.15) is 0 Å². The number of sulfonamides is 1. The number of hydrogen-bond donors (Lipinski definition) is 1. The lowest BCUT2D eigenvalue weighted by molar-refractivity contribution is 0.107. The zero-order valence-corrected chi connectivity index (χ0v) is 9.34. The Labute approximate surface area is 88.5 Å². The summed E-state index contributed by atoms with van der Waals surface area (Å²) >= 11 is 0. The van der Waals surface area contributed by atoms with Gasteiger partial charge in [-0.1, -0.05) is 0 Å². The lowest BCUT2D eigenvalue weighted by atomic mass is 10.1. The van der Waals surface area contributed by atoms with Crippen LogP contribution in [0.3, 0.4) is 0 Å². The predicted molar refractivity (Wildman–Crippen MR) is 54.1 cm³/mol. The predicted octanol–water partition coefficient (Wildman–Crippen LogP) is 0.531. The van der Waals surface area contributed by atoms with Gasteiger partial charge in [0.15, 0.2) is 0 Å². The molecule has 2 heterocycles. The van der Waals surface area contributed by atoms with Crippen LogP contribution >= 0.6 is 0 Å². The Hall–Kier alpha value is -1.14. The Morgan fingerprint density at radius 1 is 1.53 bits per heavy atom. The summed E-state index contributed by atoms with van der Waals surface area (Å²) in [5, 5.41) is 0. The minimum atomic E-state index is -3.49. The molecule has 2 rings (SSSR count). The van der Waals surface area contributed by atoms with Gasteiger partial charge in [-0.05, 0) is 26.0 Å². The summed E-state index contributed by atoms with van der Waals surface area (Å²) in [7, 11) is -3.49. The molecule has 0 radical (unpaired) electrons. The topological polar surface area (TPSA) is 68.3 Å². The van der Waals surface area contributed by atoms with E-state index >= 15 is 0 Å². The van der Waals surface area contributed by atoms with Crippen LogP contribution in [-0.4, -0.2) is 25.5 Å². The number of fused-ring (bicyclic) bond motifs is 1. The van der Waals surface area contributed by atoms with E-state index in [4.69, 9.17) is 4.74 Å². The quantitative estimate of drug-likeness (QED) is 0.703. The number of pyridine rings is 1. The molecule has 6 heteroatoms. The van der Waals surface area contributed by atoms with Gasteiger partial charge in [0.2, 0.25) is 15.9 Å². The van der Waals surface area contributed by atoms with Crippen LogP contribution in [0.15, 0.2) is 23.2 Å². The summed E-state index contributed by atoms with van der Waals surface area (Å²) in [5.41, 5.74) is -0.591. The van der Waals surface area contributed by atoms with Crippen molar-refractivity contribution in [2.75, 3.05) is 6.54 Å². The first-order valence-electron chi connectivity index (χ1n) is 4.54. The first kappa shape index (κ1) is 10.4. The van der Waals surface area contributed by atoms with E-state index < -0.39 is 15.6 Å². The highest BCUT2D eigenvalue weighted by Crippen LogP contribution is 2.27. The Morgan fingerprint density at radius 3 is 3.00 bits per heavy atom. The molecule has 0 fully saturated rings. The fraction of sp³-hybridized carbons (Fsp3) is 0.444. The lowest BCUT2D eigenvalue weighted by Gasteiger charge is -2.22. The van der Waals surface area contributed by atoms with E-state index in [1.165, 1.54) is 12.3 Å². The highest BCUT2D eigenvalue weighted by molar-refractivity contribution is 7.89. The monoisotopic (exact) mass is 228 g/mol. The summed E-state index contributed by atoms with van der Waals surface area (Å²) < 4.78 is 31.5. The molecular weight excluding hydrogens is 216 g/mol. The van der Waals surface area contributed by atoms with E-state index in [2.05, 4.69) is 9.71 Å². The average molecular weight is 228 g/mol. The van der Waals surface area contributed by atoms with Gasteiger partial charge in [-0.3, -0.25) is 0 Å². The first-order chi connectivity index (χ1) is 6.91. The maximum atomic E-state index is 11.7. The fourth-order valence-corrected chi connectivity index (χ4v) is 2.58. The second-order valence-electron chi connectivity index (χ2n) is 3.99. The molecule has 0 aliphatic carbocycles. The molecular formula is C9H12N2O3S. The maximum absolute atomic E-state index is 11.7. The average Bonchev–Trinajstić information content (AvgIpc) is 2.23. The van der Waals surface area contributed by atoms with Gasteiger partial charge >= 0.3 is 0 Å². The second-order valence-corrected chi connectivity index (χ2v) is 5.73. The zero-order chi connectivity index (χ0) is 11.1. The molecule has 15 heavy (non-hydrogen) atoms. The van der Waals surface area contributed by atoms with Crippen LogP contribution < -0.4 is 9.46 Å². The summed E-state index contributed by atoms with van der Waals surface area (Å²) in [6.07, 6.45) is 1.51. The number of hydrogen-bond acceptors (Lipinski definition) is 4. The fourth-order valence-electron chi connectivity index (χ4n) is 1.30. The van der Waals surface area contributed by atoms with Crippen molar-refractivity contribution in [3.8, 4) is 5.88 Å². The van der Waals surface area contributed by atoms with E-state index in [0.717, 1.165) is 0 Å². The molecule has 1 aliphatic heterocycles. The Balaban J connectivity index is 2.60. The van der Waals surface area contributed by atoms with Crippen molar-refractivity contribution in [2.45, 2.75) is 24.3 Å². The van der Waals surface area contributed by atoms with Crippen molar-refractivity contribution >= 4 is 10.0 Å². The molecule has 5 nitrogen and oxygen atoms in total. The third-order valence-corrected chi connectivity index (χ3v) is 3.50. The zero-order valence-electron chi connectivity index (χ0n) is 8.52. The van der Waals surface area contributed by atoms with E-state index in [0.29, 0.717) is 0 Å². The number of ether oxygens (including phenoxy) is 1. The highest BCUT2D eigenvalue weighted by Gasteiger charge is 2.32. The van der Waals surface area contributed by atoms with Crippen LogP contribution in [0.2, 0.25) is 0 Å². The Kier molecular flexibility index (Phi) is 2.20. The normalized spacial score (nSPS) is 22.3. The second kappa shape index (κ2) is 3.18. The van der Waals surface area contributed by atoms with E-state index in [1.807, 2.05) is 0 Å². The smallest absolute Gasteiger partial charge is 0.246 e. The summed E-state index contributed by atoms with van der Waals surface area (Å²) in [6, 6.07) is 3.05. The molecule has 0 atom stereocenters. The largest absolute Gasteiger partial charge is 0.469 e. The third kappa shape index (κ3) is 1.95. The lowest BCUT2D eigenvalue weighted by Crippen LogP contribution is -2.39. The van der Waals surface area contributed by atoms with E-state index in [-0.39, 0.29) is 17.3 Å². The van der Waals surface area contributed by atoms with Crippen LogP contribution in [0, 0.1) is 0 Å². The van der Waals surface area contributed by atoms with Crippen LogP contribution in [0.25, 0.3) is 0 Å². The molecule has 0 saturated heterocycles. The molecule has 1 N–H and O–H groups in total. The Bertz CT molecular complexity index is 482. The van der Waals surface area contributed by atoms with Crippen LogP contribution in [0.5, 0.6) is 5.88 Å². The Morgan fingerprint density at radius 2 is 2.27 bits per heavy atom. The molecule has 0 spiro atoms. The van der Waals surface area contributed by atoms with Gasteiger partial charge in [0.1, 0.15) is 10.5 Å². The van der Waals surface area contributed by atoms with Crippen molar-refractivity contribution in [3.63, 3.8) is 0 Å². The van der Waals surface area contributed by atoms with Gasteiger partial charge in [-0.25, -0.2) is 18.1 Å². The summed E-state index contributed by atoms with van der Waals surface area (Å²) in [5.74, 6) is 0.160. The standard InChI is InChI=1S/C9H12N2O3S/c1-9(2)6-11-15(12,13)7-4-3-5-10-8(7)14-9/h3-5,11H,6H2,1-2H3. The molecule has 0 bridgehead atoms. The van der Waals surface area contributed by atoms with Gasteiger partial charge in [0, 0.05) is 6.20 Å². The SMILES string of the molecule is CC1(C)CNS(=O)(=O)c2cccnc2O1. The van der Waals surface area contributed by atoms with Crippen molar-refractivity contribution in [1.82, 2.24) is 9.71 Å². The van der Waals surface area contributed by atoms with Gasteiger partial charge < -0.3 is 4.74 Å². The maximum Gasteiger partial charge on any atom is 0.246 e. The number of rotatable bonds is 0. The van der Waals surface area contributed by atoms with Crippen LogP contribution in [0.4, 0.5) is 0 Å². The molecule has 82 valence electrons. The molecule has 1 aromatic heterocycles. The number of aromatic nitrogens is 1. The van der Waals surface area contributed by atoms with Gasteiger partial charge in [-0.15, -0.1) is 0 Å². The van der Waals surface area contributed by atoms with Gasteiger partial charge in [0.25, 0.3) is 0 Å². The number of nitrogens with one attached hydrogen (secondary N) is 1. The van der Waals surface area contributed by atoms with E-state index in [9.17, 15) is 8.42 Å². The molecule has 0 aromatic carbocycles. The third-order valence-electron chi connectivity index (χ3n) is 2.09. The minimum Gasteiger partial charge on any atom is -0.469 e. The minimum absolute atomic E-state index is 0.0931. The highest BCUT2D eigenvalue weighted by atomic mass is 32.2. The molecule has 1 aliphatic rings. The van der Waals surface area contributed by atoms with E-state index in [1.54, 1.807) is 19.9 Å². The molecule has 0 saturated carbocycles. The number of nitrogens with zero attached hydrogens (tertiary/aromatic N) is 1. The summed E-state index contributed by atoms with van der Waals surface area (Å²) in [6.45, 7) is 3.84. The summed E-state index contributed by atoms with van der Waals surface area (Å²) in [4.78, 5) is 4.02. The molecule has 0 unspecified atom stereocenters. The van der Waals surface area contributed by atoms with Crippen molar-refractivity contribution in [3.05, 3.63) is 18.3 Å². The van der Waals surface area contributed by atoms with Crippen LogP contribution in [0.1, 0.15) is 13.8 Å². The van der Waals surface area contributed by atoms with Gasteiger partial charge in [0.05, 0.1) is 6.54 Å². The first-order valence-corrected chi connectivity index (χ1v) is 6.03. The van der Waals surface area contributed by atoms with Crippen LogP contribution in [-0.2, 0) is 10.0 Å². The molecule has 0 amide bonds. The molecule has 1 aromatic rings.